The van der Waals surface area contributed by atoms with Gasteiger partial charge in [0.05, 0.1) is 37.1 Å². The van der Waals surface area contributed by atoms with Crippen molar-refractivity contribution < 1.29 is 92.2 Å². The molecule has 0 aromatic heterocycles. The number of esters is 2. The molecule has 10 N–H and O–H groups in total. The van der Waals surface area contributed by atoms with Gasteiger partial charge in [-0.2, -0.15) is 0 Å². The summed E-state index contributed by atoms with van der Waals surface area (Å²) in [4.78, 5) is 56.8. The Morgan fingerprint density at radius 3 is 2.06 bits per heavy atom. The number of phosphoric acid groups is 2. The fraction of sp³-hybridized carbons (Fsp3) is 0.804. The summed E-state index contributed by atoms with van der Waals surface area (Å²) in [5.41, 5.74) is 0. The molecule has 72 heavy (non-hydrogen) atoms. The zero-order valence-corrected chi connectivity index (χ0v) is 44.5. The molecule has 0 radical (unpaired) electrons. The van der Waals surface area contributed by atoms with Crippen LogP contribution in [0, 0.1) is 11.8 Å². The molecule has 0 aromatic rings. The number of phosphoric ester groups is 2. The number of aliphatic hydroxyl groups excluding tert-OH is 7. The zero-order valence-electron chi connectivity index (χ0n) is 42.7. The number of allylic oxidation sites excluding steroid dienone is 6. The smallest absolute Gasteiger partial charge is 0.462 e. The lowest BCUT2D eigenvalue weighted by Crippen LogP contribution is -2.56. The molecule has 418 valence electrons. The van der Waals surface area contributed by atoms with Crippen molar-refractivity contribution in [3.05, 3.63) is 48.6 Å². The van der Waals surface area contributed by atoms with Gasteiger partial charge in [0, 0.05) is 31.1 Å². The van der Waals surface area contributed by atoms with Crippen molar-refractivity contribution in [3.8, 4) is 0 Å². The van der Waals surface area contributed by atoms with Crippen LogP contribution in [0.5, 0.6) is 0 Å². The fourth-order valence-electron chi connectivity index (χ4n) is 8.69. The number of cyclic esters (lactones) is 1. The third-order valence-corrected chi connectivity index (χ3v) is 14.4. The van der Waals surface area contributed by atoms with Gasteiger partial charge in [-0.3, -0.25) is 23.2 Å². The van der Waals surface area contributed by atoms with Crippen molar-refractivity contribution >= 4 is 27.6 Å². The monoisotopic (exact) mass is 1070 g/mol. The number of unbranched alkanes of at least 4 members (excludes halogenated alkanes) is 14. The number of aliphatic hydroxyl groups is 7. The van der Waals surface area contributed by atoms with E-state index in [0.29, 0.717) is 12.8 Å². The molecule has 1 fully saturated rings. The first-order valence-electron chi connectivity index (χ1n) is 26.4. The van der Waals surface area contributed by atoms with E-state index >= 15 is 0 Å². The van der Waals surface area contributed by atoms with Crippen molar-refractivity contribution in [2.24, 2.45) is 11.8 Å². The lowest BCUT2D eigenvalue weighted by Gasteiger charge is -2.38. The lowest BCUT2D eigenvalue weighted by molar-refractivity contribution is -0.165. The van der Waals surface area contributed by atoms with Crippen LogP contribution in [0.2, 0.25) is 0 Å². The van der Waals surface area contributed by atoms with E-state index in [2.05, 4.69) is 31.2 Å². The second kappa shape index (κ2) is 37.6. The first-order chi connectivity index (χ1) is 34.3. The van der Waals surface area contributed by atoms with E-state index in [9.17, 15) is 69.1 Å². The molecular formula is C51H90O19P2. The highest BCUT2D eigenvalue weighted by Crippen LogP contribution is 2.50. The lowest BCUT2D eigenvalue weighted by atomic mass is 9.83. The molecule has 1 unspecified atom stereocenters. The van der Waals surface area contributed by atoms with Crippen LogP contribution in [-0.4, -0.2) is 137 Å². The number of hydrogen-bond donors (Lipinski definition) is 10. The maximum atomic E-state index is 13.7. The molecule has 0 spiro atoms. The van der Waals surface area contributed by atoms with Gasteiger partial charge in [-0.1, -0.05) is 140 Å². The van der Waals surface area contributed by atoms with Crippen LogP contribution in [0.25, 0.3) is 0 Å². The van der Waals surface area contributed by atoms with Gasteiger partial charge in [-0.25, -0.2) is 9.13 Å². The Balaban J connectivity index is 2.17. The number of carbonyl (C=O) groups is 2. The van der Waals surface area contributed by atoms with E-state index in [0.717, 1.165) is 70.3 Å². The van der Waals surface area contributed by atoms with E-state index in [4.69, 9.17) is 23.0 Å². The van der Waals surface area contributed by atoms with Crippen LogP contribution in [0.4, 0.5) is 0 Å². The largest absolute Gasteiger partial charge is 0.472 e. The molecule has 2 aliphatic rings. The predicted octanol–water partition coefficient (Wildman–Crippen LogP) is 7.22. The zero-order chi connectivity index (χ0) is 53.4. The molecule has 0 saturated heterocycles. The van der Waals surface area contributed by atoms with Crippen molar-refractivity contribution in [2.75, 3.05) is 13.2 Å². The molecule has 13 atom stereocenters. The van der Waals surface area contributed by atoms with Gasteiger partial charge in [-0.05, 0) is 64.2 Å². The number of hydrogen-bond acceptors (Lipinski definition) is 16. The maximum Gasteiger partial charge on any atom is 0.472 e. The Kier molecular flexibility index (Phi) is 34.4. The highest BCUT2D eigenvalue weighted by atomic mass is 31.2. The molecule has 1 heterocycles. The van der Waals surface area contributed by atoms with Crippen molar-refractivity contribution in [1.82, 2.24) is 0 Å². The molecular weight excluding hydrogens is 978 g/mol. The van der Waals surface area contributed by atoms with E-state index in [1.54, 1.807) is 6.08 Å². The maximum absolute atomic E-state index is 13.7. The van der Waals surface area contributed by atoms with Gasteiger partial charge < -0.3 is 59.9 Å². The first-order valence-corrected chi connectivity index (χ1v) is 29.5. The molecule has 1 aliphatic carbocycles. The van der Waals surface area contributed by atoms with Gasteiger partial charge in [0.25, 0.3) is 0 Å². The summed E-state index contributed by atoms with van der Waals surface area (Å²) < 4.78 is 52.3. The fourth-order valence-corrected chi connectivity index (χ4v) is 10.2. The third kappa shape index (κ3) is 28.7. The molecule has 1 saturated carbocycles. The van der Waals surface area contributed by atoms with Crippen LogP contribution < -0.4 is 0 Å². The van der Waals surface area contributed by atoms with Gasteiger partial charge >= 0.3 is 27.6 Å². The van der Waals surface area contributed by atoms with Crippen LogP contribution in [0.3, 0.4) is 0 Å². The van der Waals surface area contributed by atoms with Gasteiger partial charge in [0.1, 0.15) is 31.0 Å². The van der Waals surface area contributed by atoms with Gasteiger partial charge in [-0.15, -0.1) is 0 Å². The van der Waals surface area contributed by atoms with Crippen LogP contribution in [0.15, 0.2) is 48.6 Å². The summed E-state index contributed by atoms with van der Waals surface area (Å²) in [5, 5.41) is 79.7. The molecule has 2 bridgehead atoms. The standard InChI is InChI=1S/C51H90O19P2/c1-3-5-7-8-9-10-11-12-13-14-15-16-17-18-19-20-21-22-27-31-44(55)66-36-39-37-67-72(64,65)70-51-49(60)48(59)46(57)40(30-26-23-24-28-32-45(56)68-39)42(53)35-43(54)41(34-33-38(52)29-25-6-4-2)47(58)50(51)69-71(61,62)63/h9-10,12-13,23,26,33-34,38-43,46-54,57-60H,3-8,11,14-22,24-25,27-32,35-37H2,1-2H3,(H,64,65)(H2,61,62,63)/b10-9-,13-12-,26-23?,34-33?/t38-,39+,40-,41-,42-,43+,46+,47+,48-,49+,50+,51-/m0/s1. The van der Waals surface area contributed by atoms with Crippen LogP contribution in [-0.2, 0) is 41.8 Å². The van der Waals surface area contributed by atoms with E-state index in [1.807, 2.05) is 6.92 Å². The highest BCUT2D eigenvalue weighted by molar-refractivity contribution is 7.47. The predicted molar refractivity (Wildman–Crippen MR) is 271 cm³/mol. The van der Waals surface area contributed by atoms with E-state index < -0.39 is 120 Å². The van der Waals surface area contributed by atoms with Crippen LogP contribution >= 0.6 is 15.6 Å². The Hall–Kier alpha value is -2.16. The average molecular weight is 1070 g/mol. The minimum Gasteiger partial charge on any atom is -0.462 e. The topological polar surface area (TPSA) is 317 Å². The average Bonchev–Trinajstić information content (AvgIpc) is 3.32. The Bertz CT molecular complexity index is 1690. The minimum atomic E-state index is -5.77. The summed E-state index contributed by atoms with van der Waals surface area (Å²) in [6, 6.07) is 0. The first kappa shape index (κ1) is 66.0. The van der Waals surface area contributed by atoms with Gasteiger partial charge in [0.15, 0.2) is 6.10 Å². The second-order valence-corrected chi connectivity index (χ2v) is 21.8. The molecule has 0 aromatic carbocycles. The number of ether oxygens (including phenoxy) is 2. The number of carbonyl (C=O) groups excluding carboxylic acids is 2. The molecule has 1 aliphatic heterocycles. The quantitative estimate of drug-likeness (QED) is 0.0160. The van der Waals surface area contributed by atoms with Crippen molar-refractivity contribution in [1.29, 1.82) is 0 Å². The van der Waals surface area contributed by atoms with E-state index in [1.165, 1.54) is 50.7 Å². The van der Waals surface area contributed by atoms with Crippen molar-refractivity contribution in [3.63, 3.8) is 0 Å². The molecule has 0 amide bonds. The third-order valence-electron chi connectivity index (χ3n) is 12.9. The number of rotatable bonds is 28. The minimum absolute atomic E-state index is 0.0508. The highest BCUT2D eigenvalue weighted by Gasteiger charge is 2.51. The Morgan fingerprint density at radius 1 is 0.806 bits per heavy atom. The van der Waals surface area contributed by atoms with Gasteiger partial charge in [0.2, 0.25) is 0 Å². The normalized spacial score (nSPS) is 30.4. The summed E-state index contributed by atoms with van der Waals surface area (Å²) in [5.74, 6) is -4.50. The van der Waals surface area contributed by atoms with E-state index in [-0.39, 0.29) is 38.5 Å². The Labute approximate surface area is 427 Å². The number of fused-ring (bicyclic) bond motifs is 4. The molecule has 21 heteroatoms. The molecule has 19 nitrogen and oxygen atoms in total. The SMILES string of the molecule is CCCCC/C=C\C/C=C\CCCCCCCCCCCC(=O)OC[C@@H]1COP(=O)(O)O[C@H]2[C@H](O)[C@@H](O)[C@H](O)[C@@H](CC=CCCCC(=O)O1)[C@@H](O)C[C@@H](O)[C@H](C=C[C@@H](O)CCCCC)[C@@H](O)[C@H]2OP(=O)(O)O. The summed E-state index contributed by atoms with van der Waals surface area (Å²) in [6.07, 6.45) is 11.5. The second-order valence-electron chi connectivity index (χ2n) is 19.2. The Morgan fingerprint density at radius 2 is 1.42 bits per heavy atom. The molecule has 2 rings (SSSR count). The summed E-state index contributed by atoms with van der Waals surface area (Å²) in [7, 11) is -11.4. The summed E-state index contributed by atoms with van der Waals surface area (Å²) >= 11 is 0. The van der Waals surface area contributed by atoms with Crippen molar-refractivity contribution in [2.45, 2.75) is 235 Å². The van der Waals surface area contributed by atoms with Crippen LogP contribution in [0.1, 0.15) is 174 Å². The summed E-state index contributed by atoms with van der Waals surface area (Å²) in [6.45, 7) is 2.57.